The van der Waals surface area contributed by atoms with Gasteiger partial charge in [0.2, 0.25) is 0 Å². The fraction of sp³-hybridized carbons (Fsp3) is 0.348. The molecule has 0 amide bonds. The molecule has 3 rings (SSSR count). The molecule has 2 aromatic rings. The van der Waals surface area contributed by atoms with E-state index < -0.39 is 5.82 Å². The first kappa shape index (κ1) is 18.7. The topological polar surface area (TPSA) is 12.9 Å². The van der Waals surface area contributed by atoms with Gasteiger partial charge in [-0.25, -0.2) is 4.39 Å². The molecule has 1 aliphatic rings. The number of aromatic nitrogens is 1. The van der Waals surface area contributed by atoms with E-state index in [9.17, 15) is 4.39 Å². The molecule has 0 spiro atoms. The summed E-state index contributed by atoms with van der Waals surface area (Å²) < 4.78 is 13.6. The summed E-state index contributed by atoms with van der Waals surface area (Å²) in [5.41, 5.74) is 2.33. The fourth-order valence-electron chi connectivity index (χ4n) is 3.26. The Morgan fingerprint density at radius 2 is 2.00 bits per heavy atom. The van der Waals surface area contributed by atoms with E-state index in [1.807, 2.05) is 12.1 Å². The minimum atomic E-state index is -0.431. The van der Waals surface area contributed by atoms with Crippen molar-refractivity contribution in [2.75, 3.05) is 0 Å². The predicted molar refractivity (Wildman–Crippen MR) is 106 cm³/mol. The largest absolute Gasteiger partial charge is 0.255 e. The van der Waals surface area contributed by atoms with Crippen molar-refractivity contribution in [3.63, 3.8) is 0 Å². The average molecular weight is 368 g/mol. The summed E-state index contributed by atoms with van der Waals surface area (Å²) in [6.07, 6.45) is 12.3. The van der Waals surface area contributed by atoms with Gasteiger partial charge < -0.3 is 0 Å². The molecule has 3 heteroatoms. The zero-order valence-electron chi connectivity index (χ0n) is 15.0. The maximum Gasteiger partial charge on any atom is 0.142 e. The molecule has 1 nitrogen and oxygen atoms in total. The summed E-state index contributed by atoms with van der Waals surface area (Å²) in [4.78, 5) is 4.41. The maximum absolute atomic E-state index is 13.6. The SMILES string of the molecule is CCC=CC1CCC(C#Cc2ccc(-c3ccc(Cl)c(F)c3)nc2)CC1. The van der Waals surface area contributed by atoms with Crippen LogP contribution in [0, 0.1) is 29.5 Å². The van der Waals surface area contributed by atoms with E-state index in [1.165, 1.54) is 31.7 Å². The highest BCUT2D eigenvalue weighted by molar-refractivity contribution is 6.30. The monoisotopic (exact) mass is 367 g/mol. The van der Waals surface area contributed by atoms with Gasteiger partial charge >= 0.3 is 0 Å². The van der Waals surface area contributed by atoms with Gasteiger partial charge in [-0.15, -0.1) is 0 Å². The van der Waals surface area contributed by atoms with Crippen molar-refractivity contribution in [3.05, 3.63) is 65.1 Å². The molecule has 0 saturated heterocycles. The molecule has 1 heterocycles. The number of halogens is 2. The van der Waals surface area contributed by atoms with Crippen molar-refractivity contribution < 1.29 is 4.39 Å². The first-order valence-corrected chi connectivity index (χ1v) is 9.63. The highest BCUT2D eigenvalue weighted by atomic mass is 35.5. The smallest absolute Gasteiger partial charge is 0.142 e. The van der Waals surface area contributed by atoms with E-state index in [2.05, 4.69) is 35.9 Å². The quantitative estimate of drug-likeness (QED) is 0.436. The molecular weight excluding hydrogens is 345 g/mol. The van der Waals surface area contributed by atoms with Crippen LogP contribution in [0.1, 0.15) is 44.6 Å². The average Bonchev–Trinajstić information content (AvgIpc) is 2.68. The van der Waals surface area contributed by atoms with E-state index in [0.717, 1.165) is 17.9 Å². The van der Waals surface area contributed by atoms with Crippen molar-refractivity contribution in [1.29, 1.82) is 0 Å². The third-order valence-corrected chi connectivity index (χ3v) is 5.12. The van der Waals surface area contributed by atoms with Gasteiger partial charge in [0.25, 0.3) is 0 Å². The molecule has 1 saturated carbocycles. The lowest BCUT2D eigenvalue weighted by molar-refractivity contribution is 0.364. The van der Waals surface area contributed by atoms with Crippen LogP contribution in [-0.2, 0) is 0 Å². The summed E-state index contributed by atoms with van der Waals surface area (Å²) in [7, 11) is 0. The first-order chi connectivity index (χ1) is 12.7. The van der Waals surface area contributed by atoms with E-state index in [4.69, 9.17) is 11.6 Å². The van der Waals surface area contributed by atoms with Crippen LogP contribution in [-0.4, -0.2) is 4.98 Å². The molecule has 1 aromatic heterocycles. The zero-order chi connectivity index (χ0) is 18.4. The second kappa shape index (κ2) is 9.01. The van der Waals surface area contributed by atoms with Gasteiger partial charge in [0.1, 0.15) is 5.82 Å². The molecule has 0 N–H and O–H groups in total. The minimum absolute atomic E-state index is 0.121. The number of rotatable bonds is 3. The van der Waals surface area contributed by atoms with Crippen molar-refractivity contribution in [2.24, 2.45) is 11.8 Å². The van der Waals surface area contributed by atoms with Crippen LogP contribution in [0.15, 0.2) is 48.7 Å². The number of hydrogen-bond acceptors (Lipinski definition) is 1. The number of pyridine rings is 1. The summed E-state index contributed by atoms with van der Waals surface area (Å²) in [6, 6.07) is 8.54. The lowest BCUT2D eigenvalue weighted by Crippen LogP contribution is -2.11. The Kier molecular flexibility index (Phi) is 6.47. The standard InChI is InChI=1S/C23H23ClFN/c1-2-3-4-17-5-7-18(8-6-17)9-10-19-11-14-23(26-16-19)20-12-13-21(24)22(25)15-20/h3-4,11-18H,2,5-8H2,1H3. The van der Waals surface area contributed by atoms with Crippen molar-refractivity contribution in [3.8, 4) is 23.1 Å². The van der Waals surface area contributed by atoms with Gasteiger partial charge in [0.15, 0.2) is 0 Å². The Bertz CT molecular complexity index is 822. The Morgan fingerprint density at radius 3 is 2.65 bits per heavy atom. The van der Waals surface area contributed by atoms with Crippen LogP contribution in [0.3, 0.4) is 0 Å². The lowest BCUT2D eigenvalue weighted by atomic mass is 9.82. The van der Waals surface area contributed by atoms with E-state index >= 15 is 0 Å². The van der Waals surface area contributed by atoms with Crippen molar-refractivity contribution >= 4 is 11.6 Å². The molecule has 1 fully saturated rings. The van der Waals surface area contributed by atoms with Crippen molar-refractivity contribution in [2.45, 2.75) is 39.0 Å². The van der Waals surface area contributed by atoms with Crippen LogP contribution in [0.5, 0.6) is 0 Å². The number of nitrogens with zero attached hydrogens (tertiary/aromatic N) is 1. The Balaban J connectivity index is 1.61. The molecule has 26 heavy (non-hydrogen) atoms. The van der Waals surface area contributed by atoms with Gasteiger partial charge in [-0.1, -0.05) is 48.6 Å². The molecule has 1 aliphatic carbocycles. The zero-order valence-corrected chi connectivity index (χ0v) is 15.8. The molecular formula is C23H23ClFN. The summed E-state index contributed by atoms with van der Waals surface area (Å²) in [5.74, 6) is 7.42. The molecule has 0 radical (unpaired) electrons. The maximum atomic E-state index is 13.6. The third-order valence-electron chi connectivity index (χ3n) is 4.82. The first-order valence-electron chi connectivity index (χ1n) is 9.25. The number of benzene rings is 1. The van der Waals surface area contributed by atoms with E-state index in [0.29, 0.717) is 17.2 Å². The van der Waals surface area contributed by atoms with Gasteiger partial charge in [-0.2, -0.15) is 0 Å². The van der Waals surface area contributed by atoms with E-state index in [1.54, 1.807) is 18.3 Å². The fourth-order valence-corrected chi connectivity index (χ4v) is 3.38. The highest BCUT2D eigenvalue weighted by Crippen LogP contribution is 2.29. The molecule has 0 aliphatic heterocycles. The number of hydrogen-bond donors (Lipinski definition) is 0. The molecule has 0 bridgehead atoms. The van der Waals surface area contributed by atoms with Crippen LogP contribution in [0.2, 0.25) is 5.02 Å². The van der Waals surface area contributed by atoms with E-state index in [-0.39, 0.29) is 5.02 Å². The molecule has 134 valence electrons. The second-order valence-corrected chi connectivity index (χ2v) is 7.19. The second-order valence-electron chi connectivity index (χ2n) is 6.78. The van der Waals surface area contributed by atoms with Crippen molar-refractivity contribution in [1.82, 2.24) is 4.98 Å². The number of allylic oxidation sites excluding steroid dienone is 2. The lowest BCUT2D eigenvalue weighted by Gasteiger charge is -2.23. The molecule has 0 unspecified atom stereocenters. The Morgan fingerprint density at radius 1 is 1.19 bits per heavy atom. The Labute approximate surface area is 160 Å². The molecule has 0 atom stereocenters. The van der Waals surface area contributed by atoms with Gasteiger partial charge in [0, 0.05) is 23.2 Å². The van der Waals surface area contributed by atoms with Crippen LogP contribution in [0.4, 0.5) is 4.39 Å². The predicted octanol–water partition coefficient (Wildman–Crippen LogP) is 6.67. The molecule has 1 aromatic carbocycles. The minimum Gasteiger partial charge on any atom is -0.255 e. The normalized spacial score (nSPS) is 20.0. The van der Waals surface area contributed by atoms with Crippen LogP contribution in [0.25, 0.3) is 11.3 Å². The summed E-state index contributed by atoms with van der Waals surface area (Å²) >= 11 is 5.72. The van der Waals surface area contributed by atoms with Gasteiger partial charge in [-0.3, -0.25) is 4.98 Å². The summed E-state index contributed by atoms with van der Waals surface area (Å²) in [6.45, 7) is 2.18. The third kappa shape index (κ3) is 4.96. The van der Waals surface area contributed by atoms with Gasteiger partial charge in [-0.05, 0) is 62.3 Å². The highest BCUT2D eigenvalue weighted by Gasteiger charge is 2.17. The van der Waals surface area contributed by atoms with Crippen LogP contribution >= 0.6 is 11.6 Å². The van der Waals surface area contributed by atoms with Crippen LogP contribution < -0.4 is 0 Å². The van der Waals surface area contributed by atoms with Gasteiger partial charge in [0.05, 0.1) is 10.7 Å². The Hall–Kier alpha value is -2.11. The summed E-state index contributed by atoms with van der Waals surface area (Å²) in [5, 5.41) is 0.121.